The lowest BCUT2D eigenvalue weighted by Crippen LogP contribution is -2.58. The molecule has 4 saturated heterocycles. The van der Waals surface area contributed by atoms with Crippen molar-refractivity contribution in [3.63, 3.8) is 0 Å². The number of methoxy groups -OCH3 is 2. The van der Waals surface area contributed by atoms with Gasteiger partial charge in [-0.05, 0) is 68.6 Å². The number of fused-ring (bicyclic) bond motifs is 2. The SMILES string of the molecule is COc1ccc(CO[C@@H]2O[C@H](C(=O)C[C@H]3O[C@@H](n4ccc(=O)n(Cc5ccc(OC)cc5)c4=O)[C@@H]4OC(C)(C)O[C@@H]43)[C@@H]3OC(C)(C)O[C@@H]3[C@H]2N=[N+]=[N-])cc1. The van der Waals surface area contributed by atoms with Crippen LogP contribution in [-0.4, -0.2) is 89.7 Å². The number of carbonyl (C=O) groups excluding carboxylic acids is 1. The second-order valence-corrected chi connectivity index (χ2v) is 14.4. The van der Waals surface area contributed by atoms with Crippen molar-refractivity contribution < 1.29 is 47.4 Å². The summed E-state index contributed by atoms with van der Waals surface area (Å²) in [6.45, 7) is 6.93. The fraction of sp³-hybridized carbons (Fsp3) is 0.541. The van der Waals surface area contributed by atoms with E-state index in [2.05, 4.69) is 10.0 Å². The summed E-state index contributed by atoms with van der Waals surface area (Å²) in [4.78, 5) is 44.2. The van der Waals surface area contributed by atoms with Gasteiger partial charge in [0.15, 0.2) is 29.9 Å². The van der Waals surface area contributed by atoms with Gasteiger partial charge in [0.05, 0.1) is 33.5 Å². The monoisotopic (exact) mass is 749 g/mol. The van der Waals surface area contributed by atoms with Crippen molar-refractivity contribution in [3.8, 4) is 11.5 Å². The van der Waals surface area contributed by atoms with Crippen molar-refractivity contribution in [2.75, 3.05) is 14.2 Å². The second-order valence-electron chi connectivity index (χ2n) is 14.4. The van der Waals surface area contributed by atoms with Crippen molar-refractivity contribution in [3.05, 3.63) is 103 Å². The van der Waals surface area contributed by atoms with Crippen molar-refractivity contribution in [2.45, 2.75) is 114 Å². The first kappa shape index (κ1) is 37.7. The van der Waals surface area contributed by atoms with Crippen LogP contribution in [0.2, 0.25) is 0 Å². The molecule has 0 spiro atoms. The molecule has 54 heavy (non-hydrogen) atoms. The lowest BCUT2D eigenvalue weighted by molar-refractivity contribution is -0.241. The number of nitrogens with zero attached hydrogens (tertiary/aromatic N) is 5. The summed E-state index contributed by atoms with van der Waals surface area (Å²) in [6, 6.07) is 14.5. The van der Waals surface area contributed by atoms with Gasteiger partial charge in [0.1, 0.15) is 48.1 Å². The molecule has 0 amide bonds. The summed E-state index contributed by atoms with van der Waals surface area (Å²) < 4.78 is 56.5. The maximum atomic E-state index is 14.3. The average Bonchev–Trinajstić information content (AvgIpc) is 3.76. The van der Waals surface area contributed by atoms with Crippen molar-refractivity contribution in [2.24, 2.45) is 5.11 Å². The first-order chi connectivity index (χ1) is 25.8. The fourth-order valence-electron chi connectivity index (χ4n) is 7.40. The van der Waals surface area contributed by atoms with E-state index in [0.29, 0.717) is 17.1 Å². The summed E-state index contributed by atoms with van der Waals surface area (Å²) >= 11 is 0. The van der Waals surface area contributed by atoms with E-state index in [1.54, 1.807) is 78.3 Å². The Labute approximate surface area is 310 Å². The predicted molar refractivity (Wildman–Crippen MR) is 188 cm³/mol. The molecule has 4 fully saturated rings. The molecule has 0 radical (unpaired) electrons. The van der Waals surface area contributed by atoms with Crippen LogP contribution in [0.4, 0.5) is 0 Å². The third-order valence-electron chi connectivity index (χ3n) is 9.83. The Hall–Kier alpha value is -4.58. The van der Waals surface area contributed by atoms with E-state index in [1.807, 2.05) is 12.1 Å². The first-order valence-corrected chi connectivity index (χ1v) is 17.6. The number of ether oxygens (including phenoxy) is 9. The third kappa shape index (κ3) is 7.54. The molecule has 0 saturated carbocycles. The number of ketones is 1. The Bertz CT molecular complexity index is 2010. The van der Waals surface area contributed by atoms with Crippen LogP contribution in [0.1, 0.15) is 51.5 Å². The molecule has 2 aromatic carbocycles. The Morgan fingerprint density at radius 3 is 2.04 bits per heavy atom. The quantitative estimate of drug-likeness (QED) is 0.149. The highest BCUT2D eigenvalue weighted by Gasteiger charge is 2.60. The molecular weight excluding hydrogens is 706 g/mol. The molecule has 0 bridgehead atoms. The Morgan fingerprint density at radius 1 is 0.815 bits per heavy atom. The van der Waals surface area contributed by atoms with E-state index in [9.17, 15) is 19.9 Å². The number of azide groups is 1. The van der Waals surface area contributed by atoms with E-state index in [0.717, 1.165) is 10.1 Å². The molecule has 9 atom stereocenters. The molecule has 4 aliphatic rings. The topological polar surface area (TPSA) is 193 Å². The lowest BCUT2D eigenvalue weighted by atomic mass is 9.92. The van der Waals surface area contributed by atoms with Gasteiger partial charge >= 0.3 is 5.69 Å². The van der Waals surface area contributed by atoms with Gasteiger partial charge in [-0.1, -0.05) is 29.4 Å². The first-order valence-electron chi connectivity index (χ1n) is 17.6. The maximum Gasteiger partial charge on any atom is 0.333 e. The van der Waals surface area contributed by atoms with Gasteiger partial charge in [-0.25, -0.2) is 4.79 Å². The minimum atomic E-state index is -1.21. The van der Waals surface area contributed by atoms with Gasteiger partial charge in [0.25, 0.3) is 5.56 Å². The minimum absolute atomic E-state index is 0.00657. The van der Waals surface area contributed by atoms with Crippen LogP contribution in [0.25, 0.3) is 10.4 Å². The molecular formula is C37H43N5O12. The molecule has 288 valence electrons. The normalized spacial score (nSPS) is 30.6. The zero-order valence-corrected chi connectivity index (χ0v) is 30.7. The molecule has 0 aliphatic carbocycles. The summed E-state index contributed by atoms with van der Waals surface area (Å²) in [6.07, 6.45) is -6.58. The predicted octanol–water partition coefficient (Wildman–Crippen LogP) is 3.59. The minimum Gasteiger partial charge on any atom is -0.497 e. The Morgan fingerprint density at radius 2 is 1.41 bits per heavy atom. The van der Waals surface area contributed by atoms with Crippen molar-refractivity contribution in [1.82, 2.24) is 9.13 Å². The van der Waals surface area contributed by atoms with Gasteiger partial charge < -0.3 is 42.6 Å². The van der Waals surface area contributed by atoms with Gasteiger partial charge in [0, 0.05) is 23.6 Å². The molecule has 17 nitrogen and oxygen atoms in total. The molecule has 0 unspecified atom stereocenters. The smallest absolute Gasteiger partial charge is 0.333 e. The van der Waals surface area contributed by atoms with Crippen LogP contribution in [-0.2, 0) is 51.1 Å². The molecule has 17 heteroatoms. The molecule has 3 aromatic rings. The van der Waals surface area contributed by atoms with E-state index < -0.39 is 83.8 Å². The zero-order valence-electron chi connectivity index (χ0n) is 30.7. The highest BCUT2D eigenvalue weighted by Crippen LogP contribution is 2.45. The number of hydrogen-bond acceptors (Lipinski definition) is 13. The average molecular weight is 750 g/mol. The lowest BCUT2D eigenvalue weighted by Gasteiger charge is -2.40. The third-order valence-corrected chi connectivity index (χ3v) is 9.83. The molecule has 0 N–H and O–H groups in total. The highest BCUT2D eigenvalue weighted by molar-refractivity contribution is 5.84. The van der Waals surface area contributed by atoms with Gasteiger partial charge in [-0.15, -0.1) is 0 Å². The van der Waals surface area contributed by atoms with Crippen LogP contribution in [0.5, 0.6) is 11.5 Å². The molecule has 5 heterocycles. The number of hydrogen-bond donors (Lipinski definition) is 0. The van der Waals surface area contributed by atoms with Crippen LogP contribution in [0.3, 0.4) is 0 Å². The molecule has 7 rings (SSSR count). The second kappa shape index (κ2) is 14.9. The van der Waals surface area contributed by atoms with Crippen LogP contribution >= 0.6 is 0 Å². The van der Waals surface area contributed by atoms with Gasteiger partial charge in [-0.3, -0.25) is 18.7 Å². The van der Waals surface area contributed by atoms with Crippen LogP contribution in [0.15, 0.2) is 75.5 Å². The number of aromatic nitrogens is 2. The molecule has 1 aromatic heterocycles. The van der Waals surface area contributed by atoms with Crippen LogP contribution < -0.4 is 20.7 Å². The summed E-state index contributed by atoms with van der Waals surface area (Å²) in [5.74, 6) is -1.31. The maximum absolute atomic E-state index is 14.3. The Kier molecular flexibility index (Phi) is 10.4. The van der Waals surface area contributed by atoms with Crippen molar-refractivity contribution >= 4 is 5.78 Å². The van der Waals surface area contributed by atoms with Crippen LogP contribution in [0, 0.1) is 0 Å². The standard InChI is InChI=1S/C37H43N5O12/c1-36(2)51-29-25(49-33(32(29)54-36)41-16-15-26(44)42(35(41)45)18-20-7-11-22(46-5)12-8-20)17-24(43)28-31-30(52-37(3,4)53-31)27(39-40-38)34(50-28)48-19-21-9-13-23(47-6)14-10-21/h7-16,25,27-34H,17-19H2,1-6H3/t25-,27-,28-,29-,30-,31+,32-,33-,34-/m1/s1. The number of Topliss-reactive ketones (excluding diaryl/α,β-unsaturated/α-hetero) is 1. The summed E-state index contributed by atoms with van der Waals surface area (Å²) in [5.41, 5.74) is 9.85. The number of carbonyl (C=O) groups is 1. The highest BCUT2D eigenvalue weighted by atomic mass is 16.8. The fourth-order valence-corrected chi connectivity index (χ4v) is 7.40. The zero-order chi connectivity index (χ0) is 38.4. The number of rotatable bonds is 12. The molecule has 4 aliphatic heterocycles. The Balaban J connectivity index is 1.14. The van der Waals surface area contributed by atoms with Gasteiger partial charge in [0.2, 0.25) is 0 Å². The largest absolute Gasteiger partial charge is 0.497 e. The van der Waals surface area contributed by atoms with Gasteiger partial charge in [-0.2, -0.15) is 0 Å². The van der Waals surface area contributed by atoms with E-state index >= 15 is 0 Å². The summed E-state index contributed by atoms with van der Waals surface area (Å²) in [7, 11) is 3.12. The van der Waals surface area contributed by atoms with E-state index in [1.165, 1.54) is 16.8 Å². The van der Waals surface area contributed by atoms with E-state index in [-0.39, 0.29) is 19.6 Å². The van der Waals surface area contributed by atoms with E-state index in [4.69, 9.17) is 42.6 Å². The number of benzene rings is 2. The summed E-state index contributed by atoms with van der Waals surface area (Å²) in [5, 5.41) is 3.94. The van der Waals surface area contributed by atoms with Crippen molar-refractivity contribution in [1.29, 1.82) is 0 Å².